The van der Waals surface area contributed by atoms with Crippen molar-refractivity contribution in [2.24, 2.45) is 0 Å². The van der Waals surface area contributed by atoms with Crippen LogP contribution in [0, 0.1) is 5.82 Å². The van der Waals surface area contributed by atoms with Crippen LogP contribution in [0.2, 0.25) is 10.0 Å². The molecule has 2 aromatic heterocycles. The fraction of sp³-hybridized carbons (Fsp3) is 0.0952. The lowest BCUT2D eigenvalue weighted by atomic mass is 10.2. The topological polar surface area (TPSA) is 66.2 Å². The molecule has 0 radical (unpaired) electrons. The van der Waals surface area contributed by atoms with Crippen LogP contribution in [-0.4, -0.2) is 27.8 Å². The average Bonchev–Trinajstić information content (AvgIpc) is 3.06. The van der Waals surface area contributed by atoms with Gasteiger partial charge in [-0.15, -0.1) is 5.10 Å². The number of ether oxygens (including phenoxy) is 2. The molecular weight excluding hydrogens is 432 g/mol. The highest BCUT2D eigenvalue weighted by atomic mass is 35.5. The molecule has 0 bridgehead atoms. The van der Waals surface area contributed by atoms with E-state index in [-0.39, 0.29) is 27.3 Å². The van der Waals surface area contributed by atoms with Gasteiger partial charge in [-0.1, -0.05) is 35.3 Å². The van der Waals surface area contributed by atoms with Gasteiger partial charge in [-0.3, -0.25) is 9.67 Å². The third-order valence-corrected chi connectivity index (χ3v) is 4.99. The molecular formula is C21H14Cl2FN3O3. The monoisotopic (exact) mass is 445 g/mol. The van der Waals surface area contributed by atoms with Crippen LogP contribution >= 0.6 is 23.2 Å². The number of benzene rings is 2. The molecule has 0 saturated heterocycles. The smallest absolute Gasteiger partial charge is 0.348 e. The Kier molecular flexibility index (Phi) is 5.57. The molecule has 2 aromatic carbocycles. The van der Waals surface area contributed by atoms with Gasteiger partial charge in [-0.25, -0.2) is 9.18 Å². The number of halogens is 3. The summed E-state index contributed by atoms with van der Waals surface area (Å²) in [7, 11) is 1.53. The van der Waals surface area contributed by atoms with Gasteiger partial charge in [0, 0.05) is 12.4 Å². The van der Waals surface area contributed by atoms with Gasteiger partial charge in [0.25, 0.3) is 0 Å². The van der Waals surface area contributed by atoms with Gasteiger partial charge in [-0.05, 0) is 35.9 Å². The summed E-state index contributed by atoms with van der Waals surface area (Å²) in [5.74, 6) is -0.445. The van der Waals surface area contributed by atoms with Crippen LogP contribution in [0.1, 0.15) is 15.9 Å². The quantitative estimate of drug-likeness (QED) is 0.397. The van der Waals surface area contributed by atoms with E-state index in [0.717, 1.165) is 5.56 Å². The minimum Gasteiger partial charge on any atom is -0.497 e. The first-order chi connectivity index (χ1) is 14.5. The van der Waals surface area contributed by atoms with Crippen molar-refractivity contribution in [3.8, 4) is 11.6 Å². The number of nitrogens with zero attached hydrogens (tertiary/aromatic N) is 3. The van der Waals surface area contributed by atoms with E-state index in [4.69, 9.17) is 32.7 Å². The summed E-state index contributed by atoms with van der Waals surface area (Å²) in [6.07, 6.45) is 2.61. The Morgan fingerprint density at radius 2 is 1.80 bits per heavy atom. The van der Waals surface area contributed by atoms with Gasteiger partial charge in [0.1, 0.15) is 17.1 Å². The Hall–Kier alpha value is -3.16. The molecule has 0 N–H and O–H groups in total. The highest BCUT2D eigenvalue weighted by molar-refractivity contribution is 6.39. The van der Waals surface area contributed by atoms with Gasteiger partial charge >= 0.3 is 5.97 Å². The minimum atomic E-state index is -0.761. The Morgan fingerprint density at radius 3 is 2.47 bits per heavy atom. The molecule has 2 heterocycles. The highest BCUT2D eigenvalue weighted by Crippen LogP contribution is 2.31. The van der Waals surface area contributed by atoms with Gasteiger partial charge < -0.3 is 9.47 Å². The van der Waals surface area contributed by atoms with E-state index in [1.54, 1.807) is 35.0 Å². The van der Waals surface area contributed by atoms with Crippen LogP contribution in [0.15, 0.2) is 54.9 Å². The Morgan fingerprint density at radius 1 is 1.10 bits per heavy atom. The fourth-order valence-electron chi connectivity index (χ4n) is 2.96. The predicted molar refractivity (Wildman–Crippen MR) is 111 cm³/mol. The highest BCUT2D eigenvalue weighted by Gasteiger charge is 2.21. The number of carbonyl (C=O) groups is 1. The van der Waals surface area contributed by atoms with E-state index in [9.17, 15) is 9.18 Å². The van der Waals surface area contributed by atoms with Crippen LogP contribution in [0.4, 0.5) is 4.39 Å². The van der Waals surface area contributed by atoms with Crippen molar-refractivity contribution in [1.29, 1.82) is 0 Å². The number of aromatic nitrogens is 3. The van der Waals surface area contributed by atoms with Crippen molar-refractivity contribution < 1.29 is 18.7 Å². The number of rotatable bonds is 5. The third kappa shape index (κ3) is 3.94. The molecule has 0 unspecified atom stereocenters. The average molecular weight is 446 g/mol. The predicted octanol–water partition coefficient (Wildman–Crippen LogP) is 5.15. The second kappa shape index (κ2) is 8.30. The molecule has 0 fully saturated rings. The lowest BCUT2D eigenvalue weighted by molar-refractivity contribution is 0.0729. The van der Waals surface area contributed by atoms with Crippen molar-refractivity contribution in [3.63, 3.8) is 0 Å². The Labute approximate surface area is 180 Å². The maximum atomic E-state index is 13.2. The lowest BCUT2D eigenvalue weighted by Gasteiger charge is -2.05. The van der Waals surface area contributed by atoms with E-state index in [1.807, 2.05) is 0 Å². The number of methoxy groups -OCH3 is 1. The van der Waals surface area contributed by atoms with Gasteiger partial charge in [-0.2, -0.15) is 0 Å². The van der Waals surface area contributed by atoms with E-state index >= 15 is 0 Å². The third-order valence-electron chi connectivity index (χ3n) is 4.42. The zero-order chi connectivity index (χ0) is 21.3. The van der Waals surface area contributed by atoms with Gasteiger partial charge in [0.2, 0.25) is 5.88 Å². The standard InChI is InChI=1S/C21H14Cl2FN3O3/c1-29-14-6-7-18-15(8-14)20(26-27(18)11-12-2-4-13(24)5-3-12)30-21(28)19-16(22)9-25-10-17(19)23/h2-10H,11H2,1H3. The summed E-state index contributed by atoms with van der Waals surface area (Å²) in [6.45, 7) is 0.345. The van der Waals surface area contributed by atoms with E-state index < -0.39 is 5.97 Å². The number of hydrogen-bond donors (Lipinski definition) is 0. The van der Waals surface area contributed by atoms with Crippen molar-refractivity contribution in [3.05, 3.63) is 81.8 Å². The van der Waals surface area contributed by atoms with Crippen molar-refractivity contribution in [2.75, 3.05) is 7.11 Å². The summed E-state index contributed by atoms with van der Waals surface area (Å²) in [5.41, 5.74) is 1.53. The molecule has 0 aliphatic heterocycles. The summed E-state index contributed by atoms with van der Waals surface area (Å²) in [5, 5.41) is 5.13. The molecule has 0 amide bonds. The molecule has 30 heavy (non-hydrogen) atoms. The van der Waals surface area contributed by atoms with Crippen LogP contribution < -0.4 is 9.47 Å². The summed E-state index contributed by atoms with van der Waals surface area (Å²) in [4.78, 5) is 16.5. The molecule has 0 spiro atoms. The molecule has 0 aliphatic carbocycles. The minimum absolute atomic E-state index is 0.00235. The zero-order valence-electron chi connectivity index (χ0n) is 15.6. The fourth-order valence-corrected chi connectivity index (χ4v) is 3.48. The first kappa shape index (κ1) is 20.1. The first-order valence-corrected chi connectivity index (χ1v) is 9.52. The summed E-state index contributed by atoms with van der Waals surface area (Å²) >= 11 is 12.1. The lowest BCUT2D eigenvalue weighted by Crippen LogP contribution is -2.11. The Bertz CT molecular complexity index is 1220. The number of fused-ring (bicyclic) bond motifs is 1. The molecule has 6 nitrogen and oxygen atoms in total. The number of esters is 1. The second-order valence-electron chi connectivity index (χ2n) is 6.34. The zero-order valence-corrected chi connectivity index (χ0v) is 17.1. The van der Waals surface area contributed by atoms with E-state index in [0.29, 0.717) is 23.2 Å². The number of hydrogen-bond acceptors (Lipinski definition) is 5. The maximum Gasteiger partial charge on any atom is 0.348 e. The maximum absolute atomic E-state index is 13.2. The van der Waals surface area contributed by atoms with Crippen molar-refractivity contribution >= 4 is 40.1 Å². The van der Waals surface area contributed by atoms with E-state index in [1.165, 1.54) is 31.6 Å². The number of pyridine rings is 1. The van der Waals surface area contributed by atoms with Crippen LogP contribution in [0.3, 0.4) is 0 Å². The van der Waals surface area contributed by atoms with Gasteiger partial charge in [0.05, 0.1) is 34.6 Å². The summed E-state index contributed by atoms with van der Waals surface area (Å²) < 4.78 is 25.7. The van der Waals surface area contributed by atoms with Crippen LogP contribution in [0.5, 0.6) is 11.6 Å². The molecule has 4 rings (SSSR count). The van der Waals surface area contributed by atoms with Crippen LogP contribution in [0.25, 0.3) is 10.9 Å². The normalized spacial score (nSPS) is 10.9. The summed E-state index contributed by atoms with van der Waals surface area (Å²) in [6, 6.07) is 11.4. The molecule has 0 atom stereocenters. The van der Waals surface area contributed by atoms with Crippen molar-refractivity contribution in [2.45, 2.75) is 6.54 Å². The molecule has 152 valence electrons. The first-order valence-electron chi connectivity index (χ1n) is 8.76. The molecule has 0 aliphatic rings. The van der Waals surface area contributed by atoms with Crippen molar-refractivity contribution in [1.82, 2.24) is 14.8 Å². The van der Waals surface area contributed by atoms with Crippen LogP contribution in [-0.2, 0) is 6.54 Å². The van der Waals surface area contributed by atoms with E-state index in [2.05, 4.69) is 10.1 Å². The Balaban J connectivity index is 1.75. The molecule has 0 saturated carbocycles. The second-order valence-corrected chi connectivity index (χ2v) is 7.15. The SMILES string of the molecule is COc1ccc2c(c1)c(OC(=O)c1c(Cl)cncc1Cl)nn2Cc1ccc(F)cc1. The largest absolute Gasteiger partial charge is 0.497 e. The molecule has 4 aromatic rings. The van der Waals surface area contributed by atoms with Gasteiger partial charge in [0.15, 0.2) is 0 Å². The number of carbonyl (C=O) groups excluding carboxylic acids is 1. The molecule has 9 heteroatoms.